The summed E-state index contributed by atoms with van der Waals surface area (Å²) < 4.78 is 4.86. The number of esters is 1. The van der Waals surface area contributed by atoms with Crippen molar-refractivity contribution in [2.45, 2.75) is 20.5 Å². The van der Waals surface area contributed by atoms with Gasteiger partial charge in [0, 0.05) is 5.69 Å². The number of rotatable bonds is 0. The lowest BCUT2D eigenvalue weighted by Crippen LogP contribution is -1.99. The van der Waals surface area contributed by atoms with Crippen molar-refractivity contribution in [3.05, 3.63) is 28.6 Å². The molecule has 0 saturated carbocycles. The molecule has 0 N–H and O–H groups in total. The molecule has 0 spiro atoms. The number of carbonyl (C=O) groups is 1. The first-order chi connectivity index (χ1) is 5.68. The summed E-state index contributed by atoms with van der Waals surface area (Å²) in [4.78, 5) is 15.4. The minimum Gasteiger partial charge on any atom is -0.455 e. The van der Waals surface area contributed by atoms with Crippen molar-refractivity contribution in [2.75, 3.05) is 0 Å². The van der Waals surface area contributed by atoms with Crippen LogP contribution in [0.2, 0.25) is 0 Å². The molecule has 3 heteroatoms. The molecule has 0 bridgehead atoms. The molecule has 1 aromatic heterocycles. The number of ether oxygens (including phenoxy) is 1. The number of pyridine rings is 1. The van der Waals surface area contributed by atoms with Crippen LogP contribution >= 0.6 is 0 Å². The summed E-state index contributed by atoms with van der Waals surface area (Å²) in [5, 5.41) is 0. The summed E-state index contributed by atoms with van der Waals surface area (Å²) in [5.41, 5.74) is 3.32. The number of carbonyl (C=O) groups excluding carboxylic acids is 1. The van der Waals surface area contributed by atoms with Crippen molar-refractivity contribution in [3.63, 3.8) is 0 Å². The number of nitrogens with zero attached hydrogens (tertiary/aromatic N) is 1. The molecule has 0 aromatic carbocycles. The van der Waals surface area contributed by atoms with Gasteiger partial charge in [-0.25, -0.2) is 4.79 Å². The van der Waals surface area contributed by atoms with Gasteiger partial charge in [0.15, 0.2) is 0 Å². The molecule has 12 heavy (non-hydrogen) atoms. The van der Waals surface area contributed by atoms with E-state index in [2.05, 4.69) is 4.98 Å². The van der Waals surface area contributed by atoms with E-state index in [0.29, 0.717) is 12.2 Å². The van der Waals surface area contributed by atoms with E-state index in [1.54, 1.807) is 0 Å². The number of aryl methyl sites for hydroxylation is 2. The van der Waals surface area contributed by atoms with Crippen LogP contribution in [0.25, 0.3) is 0 Å². The Kier molecular flexibility index (Phi) is 1.40. The highest BCUT2D eigenvalue weighted by Gasteiger charge is 2.24. The zero-order valence-electron chi connectivity index (χ0n) is 7.05. The largest absolute Gasteiger partial charge is 0.455 e. The SMILES string of the molecule is Cc1cc(C)c2c(n1)COC2=O. The fraction of sp³-hybridized carbons (Fsp3) is 0.333. The van der Waals surface area contributed by atoms with E-state index in [9.17, 15) is 4.79 Å². The maximum absolute atomic E-state index is 11.1. The molecule has 1 aromatic rings. The molecule has 2 heterocycles. The van der Waals surface area contributed by atoms with E-state index in [4.69, 9.17) is 4.74 Å². The first kappa shape index (κ1) is 7.28. The van der Waals surface area contributed by atoms with E-state index in [1.807, 2.05) is 19.9 Å². The Bertz CT molecular complexity index is 358. The van der Waals surface area contributed by atoms with E-state index < -0.39 is 0 Å². The van der Waals surface area contributed by atoms with Crippen molar-refractivity contribution >= 4 is 5.97 Å². The lowest BCUT2D eigenvalue weighted by molar-refractivity contribution is 0.0533. The standard InChI is InChI=1S/C9H9NO2/c1-5-3-6(2)10-7-4-12-9(11)8(5)7/h3H,4H2,1-2H3. The third kappa shape index (κ3) is 0.897. The fourth-order valence-electron chi connectivity index (χ4n) is 1.50. The van der Waals surface area contributed by atoms with Gasteiger partial charge in [-0.1, -0.05) is 0 Å². The minimum absolute atomic E-state index is 0.241. The van der Waals surface area contributed by atoms with Gasteiger partial charge in [-0.15, -0.1) is 0 Å². The van der Waals surface area contributed by atoms with Gasteiger partial charge < -0.3 is 4.74 Å². The maximum atomic E-state index is 11.1. The van der Waals surface area contributed by atoms with Gasteiger partial charge in [0.2, 0.25) is 0 Å². The third-order valence-corrected chi connectivity index (χ3v) is 1.96. The quantitative estimate of drug-likeness (QED) is 0.542. The lowest BCUT2D eigenvalue weighted by Gasteiger charge is -1.99. The maximum Gasteiger partial charge on any atom is 0.340 e. The van der Waals surface area contributed by atoms with Crippen LogP contribution < -0.4 is 0 Å². The zero-order valence-corrected chi connectivity index (χ0v) is 7.05. The van der Waals surface area contributed by atoms with Crippen LogP contribution in [0.4, 0.5) is 0 Å². The van der Waals surface area contributed by atoms with Crippen LogP contribution in [0, 0.1) is 13.8 Å². The summed E-state index contributed by atoms with van der Waals surface area (Å²) in [5.74, 6) is -0.241. The second kappa shape index (κ2) is 2.30. The summed E-state index contributed by atoms with van der Waals surface area (Å²) in [6.45, 7) is 4.15. The van der Waals surface area contributed by atoms with Crippen LogP contribution in [0.1, 0.15) is 27.3 Å². The van der Waals surface area contributed by atoms with Gasteiger partial charge in [-0.3, -0.25) is 4.98 Å². The van der Waals surface area contributed by atoms with Crippen molar-refractivity contribution in [2.24, 2.45) is 0 Å². The van der Waals surface area contributed by atoms with E-state index >= 15 is 0 Å². The van der Waals surface area contributed by atoms with Gasteiger partial charge in [-0.2, -0.15) is 0 Å². The summed E-state index contributed by atoms with van der Waals surface area (Å²) in [6, 6.07) is 1.89. The average Bonchev–Trinajstić information content (AvgIpc) is 2.31. The van der Waals surface area contributed by atoms with E-state index in [1.165, 1.54) is 0 Å². The minimum atomic E-state index is -0.241. The monoisotopic (exact) mass is 163 g/mol. The Balaban J connectivity index is 2.68. The van der Waals surface area contributed by atoms with Crippen LogP contribution in [0.15, 0.2) is 6.07 Å². The van der Waals surface area contributed by atoms with Gasteiger partial charge in [0.1, 0.15) is 6.61 Å². The predicted molar refractivity (Wildman–Crippen MR) is 42.8 cm³/mol. The third-order valence-electron chi connectivity index (χ3n) is 1.96. The molecule has 0 atom stereocenters. The summed E-state index contributed by atoms with van der Waals surface area (Å²) in [7, 11) is 0. The molecule has 2 rings (SSSR count). The first-order valence-electron chi connectivity index (χ1n) is 3.83. The molecular formula is C9H9NO2. The van der Waals surface area contributed by atoms with Crippen LogP contribution in [0.3, 0.4) is 0 Å². The van der Waals surface area contributed by atoms with Crippen LogP contribution in [-0.4, -0.2) is 11.0 Å². The number of aromatic nitrogens is 1. The summed E-state index contributed by atoms with van der Waals surface area (Å²) >= 11 is 0. The molecule has 0 unspecified atom stereocenters. The normalized spacial score (nSPS) is 14.3. The Morgan fingerprint density at radius 1 is 1.50 bits per heavy atom. The number of fused-ring (bicyclic) bond motifs is 1. The summed E-state index contributed by atoms with van der Waals surface area (Å²) in [6.07, 6.45) is 0. The molecule has 0 saturated heterocycles. The molecule has 1 aliphatic rings. The molecule has 0 radical (unpaired) electrons. The second-order valence-electron chi connectivity index (χ2n) is 2.98. The van der Waals surface area contributed by atoms with Crippen molar-refractivity contribution in [1.82, 2.24) is 4.98 Å². The lowest BCUT2D eigenvalue weighted by atomic mass is 10.1. The van der Waals surface area contributed by atoms with E-state index in [0.717, 1.165) is 17.0 Å². The molecule has 1 aliphatic heterocycles. The first-order valence-corrected chi connectivity index (χ1v) is 3.83. The Morgan fingerprint density at radius 2 is 2.25 bits per heavy atom. The Morgan fingerprint density at radius 3 is 3.00 bits per heavy atom. The van der Waals surface area contributed by atoms with Crippen LogP contribution in [-0.2, 0) is 11.3 Å². The van der Waals surface area contributed by atoms with Gasteiger partial charge >= 0.3 is 5.97 Å². The number of cyclic esters (lactones) is 1. The van der Waals surface area contributed by atoms with Crippen molar-refractivity contribution in [1.29, 1.82) is 0 Å². The highest BCUT2D eigenvalue weighted by atomic mass is 16.5. The molecule has 62 valence electrons. The average molecular weight is 163 g/mol. The second-order valence-corrected chi connectivity index (χ2v) is 2.98. The number of hydrogen-bond donors (Lipinski definition) is 0. The van der Waals surface area contributed by atoms with Crippen LogP contribution in [0.5, 0.6) is 0 Å². The van der Waals surface area contributed by atoms with Gasteiger partial charge in [0.05, 0.1) is 11.3 Å². The van der Waals surface area contributed by atoms with Crippen molar-refractivity contribution in [3.8, 4) is 0 Å². The molecule has 3 nitrogen and oxygen atoms in total. The highest BCUT2D eigenvalue weighted by Crippen LogP contribution is 2.21. The Labute approximate surface area is 70.4 Å². The Hall–Kier alpha value is -1.38. The van der Waals surface area contributed by atoms with Crippen molar-refractivity contribution < 1.29 is 9.53 Å². The molecule has 0 aliphatic carbocycles. The highest BCUT2D eigenvalue weighted by molar-refractivity contribution is 5.94. The molecule has 0 fully saturated rings. The molecule has 0 amide bonds. The smallest absolute Gasteiger partial charge is 0.340 e. The predicted octanol–water partition coefficient (Wildman–Crippen LogP) is 1.37. The fourth-order valence-corrected chi connectivity index (χ4v) is 1.50. The topological polar surface area (TPSA) is 39.2 Å². The van der Waals surface area contributed by atoms with Gasteiger partial charge in [-0.05, 0) is 25.5 Å². The zero-order chi connectivity index (χ0) is 8.72. The van der Waals surface area contributed by atoms with Gasteiger partial charge in [0.25, 0.3) is 0 Å². The number of hydrogen-bond acceptors (Lipinski definition) is 3. The molecular weight excluding hydrogens is 154 g/mol. The van der Waals surface area contributed by atoms with E-state index in [-0.39, 0.29) is 5.97 Å².